The minimum absolute atomic E-state index is 0.257. The van der Waals surface area contributed by atoms with E-state index in [0.717, 1.165) is 5.82 Å². The van der Waals surface area contributed by atoms with Gasteiger partial charge in [0.05, 0.1) is 6.54 Å². The summed E-state index contributed by atoms with van der Waals surface area (Å²) in [6.45, 7) is 2.70. The molecule has 0 radical (unpaired) electrons. The summed E-state index contributed by atoms with van der Waals surface area (Å²) in [5, 5.41) is 8.63. The van der Waals surface area contributed by atoms with E-state index >= 15 is 0 Å². The Morgan fingerprint density at radius 1 is 1.40 bits per heavy atom. The van der Waals surface area contributed by atoms with Crippen molar-refractivity contribution in [2.45, 2.75) is 13.5 Å². The van der Waals surface area contributed by atoms with Crippen LogP contribution < -0.4 is 4.74 Å². The molecule has 0 aliphatic rings. The summed E-state index contributed by atoms with van der Waals surface area (Å²) in [5.74, 6) is 6.04. The molecule has 2 aromatic rings. The van der Waals surface area contributed by atoms with Crippen LogP contribution in [-0.2, 0) is 6.54 Å². The molecule has 1 heterocycles. The average Bonchev–Trinajstić information content (AvgIpc) is 2.82. The molecule has 0 saturated heterocycles. The second kappa shape index (κ2) is 6.73. The number of hydrogen-bond acceptors (Lipinski definition) is 3. The predicted molar refractivity (Wildman–Crippen MR) is 72.8 cm³/mol. The zero-order valence-corrected chi connectivity index (χ0v) is 11.1. The van der Waals surface area contributed by atoms with E-state index in [4.69, 9.17) is 9.84 Å². The Hall–Kier alpha value is -2.32. The molecular formula is C15H15FN2O2. The molecule has 5 heteroatoms. The predicted octanol–water partition coefficient (Wildman–Crippen LogP) is 1.75. The van der Waals surface area contributed by atoms with E-state index in [2.05, 4.69) is 16.8 Å². The number of ether oxygens (including phenoxy) is 1. The standard InChI is InChI=1S/C15H15FN2O2/c1-12-17-4-5-18(12)6-8-20-15-10-13(3-2-7-19)9-14(16)11-15/h4-5,9-11,19H,6-8H2,1H3. The Balaban J connectivity index is 1.99. The van der Waals surface area contributed by atoms with Gasteiger partial charge in [-0.05, 0) is 19.1 Å². The number of halogens is 1. The van der Waals surface area contributed by atoms with Crippen molar-refractivity contribution in [1.29, 1.82) is 0 Å². The van der Waals surface area contributed by atoms with Crippen molar-refractivity contribution in [3.63, 3.8) is 0 Å². The molecule has 0 aliphatic carbocycles. The first-order chi connectivity index (χ1) is 9.69. The topological polar surface area (TPSA) is 47.3 Å². The average molecular weight is 274 g/mol. The molecule has 0 atom stereocenters. The molecule has 0 fully saturated rings. The van der Waals surface area contributed by atoms with Gasteiger partial charge < -0.3 is 14.4 Å². The minimum Gasteiger partial charge on any atom is -0.492 e. The van der Waals surface area contributed by atoms with Gasteiger partial charge in [-0.15, -0.1) is 0 Å². The Labute approximate surface area is 116 Å². The highest BCUT2D eigenvalue weighted by molar-refractivity contribution is 5.40. The normalized spacial score (nSPS) is 9.95. The summed E-state index contributed by atoms with van der Waals surface area (Å²) in [4.78, 5) is 4.11. The highest BCUT2D eigenvalue weighted by Gasteiger charge is 2.02. The molecule has 1 aromatic carbocycles. The molecule has 1 N–H and O–H groups in total. The van der Waals surface area contributed by atoms with Crippen LogP contribution in [-0.4, -0.2) is 27.9 Å². The van der Waals surface area contributed by atoms with E-state index in [-0.39, 0.29) is 6.61 Å². The summed E-state index contributed by atoms with van der Waals surface area (Å²) in [7, 11) is 0. The third-order valence-electron chi connectivity index (χ3n) is 2.71. The first-order valence-electron chi connectivity index (χ1n) is 6.20. The van der Waals surface area contributed by atoms with Gasteiger partial charge in [-0.25, -0.2) is 9.37 Å². The van der Waals surface area contributed by atoms with E-state index in [1.54, 1.807) is 12.3 Å². The Morgan fingerprint density at radius 2 is 2.25 bits per heavy atom. The number of aliphatic hydroxyl groups is 1. The molecule has 0 amide bonds. The number of nitrogens with zero attached hydrogens (tertiary/aromatic N) is 2. The molecule has 4 nitrogen and oxygen atoms in total. The lowest BCUT2D eigenvalue weighted by molar-refractivity contribution is 0.295. The van der Waals surface area contributed by atoms with E-state index < -0.39 is 5.82 Å². The van der Waals surface area contributed by atoms with Gasteiger partial charge in [0.2, 0.25) is 0 Å². The van der Waals surface area contributed by atoms with Crippen LogP contribution in [0.3, 0.4) is 0 Å². The molecule has 0 saturated carbocycles. The number of aromatic nitrogens is 2. The molecule has 2 rings (SSSR count). The number of rotatable bonds is 4. The van der Waals surface area contributed by atoms with Gasteiger partial charge in [-0.3, -0.25) is 0 Å². The van der Waals surface area contributed by atoms with Crippen LogP contribution in [0.4, 0.5) is 4.39 Å². The van der Waals surface area contributed by atoms with Gasteiger partial charge >= 0.3 is 0 Å². The summed E-state index contributed by atoms with van der Waals surface area (Å²) >= 11 is 0. The van der Waals surface area contributed by atoms with Crippen molar-refractivity contribution in [3.8, 4) is 17.6 Å². The summed E-state index contributed by atoms with van der Waals surface area (Å²) in [6.07, 6.45) is 3.59. The number of aryl methyl sites for hydroxylation is 1. The monoisotopic (exact) mass is 274 g/mol. The zero-order chi connectivity index (χ0) is 14.4. The number of hydrogen-bond donors (Lipinski definition) is 1. The third-order valence-corrected chi connectivity index (χ3v) is 2.71. The fraction of sp³-hybridized carbons (Fsp3) is 0.267. The van der Waals surface area contributed by atoms with Crippen LogP contribution in [0.5, 0.6) is 5.75 Å². The van der Waals surface area contributed by atoms with Crippen molar-refractivity contribution < 1.29 is 14.2 Å². The molecule has 20 heavy (non-hydrogen) atoms. The number of benzene rings is 1. The smallest absolute Gasteiger partial charge is 0.128 e. The van der Waals surface area contributed by atoms with Crippen LogP contribution >= 0.6 is 0 Å². The van der Waals surface area contributed by atoms with Crippen LogP contribution in [0.15, 0.2) is 30.6 Å². The van der Waals surface area contributed by atoms with Gasteiger partial charge in [0.15, 0.2) is 0 Å². The Kier molecular flexibility index (Phi) is 4.75. The molecular weight excluding hydrogens is 259 g/mol. The lowest BCUT2D eigenvalue weighted by Crippen LogP contribution is -2.09. The lowest BCUT2D eigenvalue weighted by Gasteiger charge is -2.08. The van der Waals surface area contributed by atoms with Crippen molar-refractivity contribution in [2.75, 3.05) is 13.2 Å². The number of imidazole rings is 1. The largest absolute Gasteiger partial charge is 0.492 e. The highest BCUT2D eigenvalue weighted by Crippen LogP contribution is 2.16. The number of aliphatic hydroxyl groups excluding tert-OH is 1. The minimum atomic E-state index is -0.413. The van der Waals surface area contributed by atoms with Crippen molar-refractivity contribution in [1.82, 2.24) is 9.55 Å². The zero-order valence-electron chi connectivity index (χ0n) is 11.1. The van der Waals surface area contributed by atoms with Crippen LogP contribution in [0.1, 0.15) is 11.4 Å². The molecule has 0 unspecified atom stereocenters. The Bertz CT molecular complexity index is 641. The van der Waals surface area contributed by atoms with Crippen molar-refractivity contribution >= 4 is 0 Å². The van der Waals surface area contributed by atoms with Gasteiger partial charge in [-0.2, -0.15) is 0 Å². The fourth-order valence-corrected chi connectivity index (χ4v) is 1.76. The molecule has 1 aromatic heterocycles. The molecule has 0 aliphatic heterocycles. The van der Waals surface area contributed by atoms with Crippen molar-refractivity contribution in [2.24, 2.45) is 0 Å². The van der Waals surface area contributed by atoms with E-state index in [1.165, 1.54) is 12.1 Å². The molecule has 104 valence electrons. The highest BCUT2D eigenvalue weighted by atomic mass is 19.1. The fourth-order valence-electron chi connectivity index (χ4n) is 1.76. The van der Waals surface area contributed by atoms with Crippen LogP contribution in [0, 0.1) is 24.6 Å². The maximum Gasteiger partial charge on any atom is 0.128 e. The van der Waals surface area contributed by atoms with Gasteiger partial charge in [-0.1, -0.05) is 11.8 Å². The third kappa shape index (κ3) is 3.84. The van der Waals surface area contributed by atoms with E-state index in [0.29, 0.717) is 24.5 Å². The summed E-state index contributed by atoms with van der Waals surface area (Å²) in [6, 6.07) is 4.26. The van der Waals surface area contributed by atoms with Gasteiger partial charge in [0.25, 0.3) is 0 Å². The van der Waals surface area contributed by atoms with Gasteiger partial charge in [0, 0.05) is 24.0 Å². The first-order valence-corrected chi connectivity index (χ1v) is 6.20. The first kappa shape index (κ1) is 14.1. The SMILES string of the molecule is Cc1nccn1CCOc1cc(F)cc(C#CCO)c1. The van der Waals surface area contributed by atoms with Crippen LogP contribution in [0.2, 0.25) is 0 Å². The maximum atomic E-state index is 13.4. The van der Waals surface area contributed by atoms with Crippen LogP contribution in [0.25, 0.3) is 0 Å². The second-order valence-electron chi connectivity index (χ2n) is 4.15. The molecule has 0 bridgehead atoms. The van der Waals surface area contributed by atoms with E-state index in [1.807, 2.05) is 17.7 Å². The van der Waals surface area contributed by atoms with E-state index in [9.17, 15) is 4.39 Å². The second-order valence-corrected chi connectivity index (χ2v) is 4.15. The Morgan fingerprint density at radius 3 is 2.95 bits per heavy atom. The summed E-state index contributed by atoms with van der Waals surface area (Å²) < 4.78 is 20.9. The molecule has 0 spiro atoms. The van der Waals surface area contributed by atoms with Crippen molar-refractivity contribution in [3.05, 3.63) is 47.8 Å². The van der Waals surface area contributed by atoms with Gasteiger partial charge in [0.1, 0.15) is 30.6 Å². The maximum absolute atomic E-state index is 13.4. The summed E-state index contributed by atoms with van der Waals surface area (Å²) in [5.41, 5.74) is 0.480. The quantitative estimate of drug-likeness (QED) is 0.864. The lowest BCUT2D eigenvalue weighted by atomic mass is 10.2.